The summed E-state index contributed by atoms with van der Waals surface area (Å²) in [6.45, 7) is 0. The molecule has 0 amide bonds. The number of aromatic amines is 1. The van der Waals surface area contributed by atoms with Crippen molar-refractivity contribution >= 4 is 11.8 Å². The summed E-state index contributed by atoms with van der Waals surface area (Å²) in [6.07, 6.45) is 3.72. The van der Waals surface area contributed by atoms with Crippen LogP contribution in [0.25, 0.3) is 0 Å². The Morgan fingerprint density at radius 1 is 1.78 bits per heavy atom. The lowest BCUT2D eigenvalue weighted by atomic mass is 10.7. The van der Waals surface area contributed by atoms with Crippen molar-refractivity contribution in [2.45, 2.75) is 4.90 Å². The summed E-state index contributed by atoms with van der Waals surface area (Å²) in [5.41, 5.74) is 0. The molecule has 9 heavy (non-hydrogen) atoms. The molecule has 0 atom stereocenters. The van der Waals surface area contributed by atoms with Crippen LogP contribution >= 0.6 is 11.8 Å². The van der Waals surface area contributed by atoms with Gasteiger partial charge in [-0.15, -0.1) is 11.8 Å². The number of H-pyrrole nitrogens is 1. The largest absolute Gasteiger partial charge is 0.367 e. The summed E-state index contributed by atoms with van der Waals surface area (Å²) in [5, 5.41) is 8.18. The van der Waals surface area contributed by atoms with E-state index in [1.807, 2.05) is 18.5 Å². The number of thioether (sulfide) groups is 1. The summed E-state index contributed by atoms with van der Waals surface area (Å²) >= 11 is 1.53. The van der Waals surface area contributed by atoms with Crippen molar-refractivity contribution in [1.29, 1.82) is 5.26 Å². The third-order valence-electron chi connectivity index (χ3n) is 0.873. The zero-order valence-corrected chi connectivity index (χ0v) is 5.61. The number of hydrogen-bond donors (Lipinski definition) is 1. The van der Waals surface area contributed by atoms with E-state index in [9.17, 15) is 0 Å². The lowest BCUT2D eigenvalue weighted by molar-refractivity contribution is 1.38. The third kappa shape index (κ3) is 1.82. The Morgan fingerprint density at radius 3 is 3.22 bits per heavy atom. The lowest BCUT2D eigenvalue weighted by Crippen LogP contribution is -1.66. The van der Waals surface area contributed by atoms with Gasteiger partial charge in [-0.25, -0.2) is 0 Å². The second-order valence-corrected chi connectivity index (χ2v) is 2.54. The smallest absolute Gasteiger partial charge is 0.0855 e. The van der Waals surface area contributed by atoms with Gasteiger partial charge in [0.25, 0.3) is 0 Å². The van der Waals surface area contributed by atoms with Gasteiger partial charge in [0.15, 0.2) is 0 Å². The Hall–Kier alpha value is -0.880. The van der Waals surface area contributed by atoms with Crippen LogP contribution in [0.5, 0.6) is 0 Å². The van der Waals surface area contributed by atoms with Gasteiger partial charge in [-0.05, 0) is 6.07 Å². The Kier molecular flexibility index (Phi) is 2.22. The van der Waals surface area contributed by atoms with Crippen LogP contribution in [0.1, 0.15) is 0 Å². The molecule has 0 fully saturated rings. The number of nitrogens with one attached hydrogen (secondary N) is 1. The van der Waals surface area contributed by atoms with Crippen LogP contribution in [0.3, 0.4) is 0 Å². The Balaban J connectivity index is 2.41. The standard InChI is InChI=1S/C6H6N2S/c7-2-4-9-6-1-3-8-5-6/h1,3,5,8H,4H2. The highest BCUT2D eigenvalue weighted by Gasteiger charge is 1.89. The molecule has 0 saturated heterocycles. The van der Waals surface area contributed by atoms with Gasteiger partial charge in [0.05, 0.1) is 11.8 Å². The van der Waals surface area contributed by atoms with E-state index in [-0.39, 0.29) is 0 Å². The molecule has 1 rings (SSSR count). The zero-order chi connectivity index (χ0) is 6.53. The quantitative estimate of drug-likeness (QED) is 0.631. The fraction of sp³-hybridized carbons (Fsp3) is 0.167. The number of hydrogen-bond acceptors (Lipinski definition) is 2. The predicted octanol–water partition coefficient (Wildman–Crippen LogP) is 1.63. The van der Waals surface area contributed by atoms with Crippen molar-refractivity contribution in [3.63, 3.8) is 0 Å². The van der Waals surface area contributed by atoms with Crippen molar-refractivity contribution in [2.75, 3.05) is 5.75 Å². The topological polar surface area (TPSA) is 39.6 Å². The average molecular weight is 138 g/mol. The lowest BCUT2D eigenvalue weighted by Gasteiger charge is -1.84. The van der Waals surface area contributed by atoms with Crippen LogP contribution < -0.4 is 0 Å². The van der Waals surface area contributed by atoms with E-state index in [2.05, 4.69) is 11.1 Å². The summed E-state index contributed by atoms with van der Waals surface area (Å²) in [5.74, 6) is 0.526. The SMILES string of the molecule is N#CCSc1cc[nH]c1. The van der Waals surface area contributed by atoms with Gasteiger partial charge in [-0.2, -0.15) is 5.26 Å². The first-order chi connectivity index (χ1) is 4.43. The minimum Gasteiger partial charge on any atom is -0.367 e. The second kappa shape index (κ2) is 3.21. The molecule has 2 nitrogen and oxygen atoms in total. The predicted molar refractivity (Wildman–Crippen MR) is 37.1 cm³/mol. The first-order valence-corrected chi connectivity index (χ1v) is 3.54. The van der Waals surface area contributed by atoms with Gasteiger partial charge in [0.1, 0.15) is 0 Å². The molecule has 3 heteroatoms. The Bertz CT molecular complexity index is 197. The van der Waals surface area contributed by atoms with Crippen molar-refractivity contribution in [3.05, 3.63) is 18.5 Å². The van der Waals surface area contributed by atoms with E-state index in [1.165, 1.54) is 11.8 Å². The number of nitriles is 1. The maximum Gasteiger partial charge on any atom is 0.0855 e. The summed E-state index contributed by atoms with van der Waals surface area (Å²) in [7, 11) is 0. The molecule has 1 N–H and O–H groups in total. The fourth-order valence-electron chi connectivity index (χ4n) is 0.514. The molecular weight excluding hydrogens is 132 g/mol. The number of aromatic nitrogens is 1. The Morgan fingerprint density at radius 2 is 2.67 bits per heavy atom. The molecule has 0 radical (unpaired) electrons. The third-order valence-corrected chi connectivity index (χ3v) is 1.73. The minimum atomic E-state index is 0.526. The number of nitrogens with zero attached hydrogens (tertiary/aromatic N) is 1. The minimum absolute atomic E-state index is 0.526. The van der Waals surface area contributed by atoms with Crippen LogP contribution in [-0.2, 0) is 0 Å². The molecule has 0 aliphatic heterocycles. The summed E-state index contributed by atoms with van der Waals surface area (Å²) in [4.78, 5) is 4.03. The highest BCUT2D eigenvalue weighted by atomic mass is 32.2. The number of rotatable bonds is 2. The first kappa shape index (κ1) is 6.24. The molecule has 0 spiro atoms. The van der Waals surface area contributed by atoms with Crippen molar-refractivity contribution in [3.8, 4) is 6.07 Å². The van der Waals surface area contributed by atoms with Gasteiger partial charge in [-0.1, -0.05) is 0 Å². The van der Waals surface area contributed by atoms with E-state index in [0.717, 1.165) is 4.90 Å². The van der Waals surface area contributed by atoms with Crippen molar-refractivity contribution in [1.82, 2.24) is 4.98 Å². The normalized spacial score (nSPS) is 8.78. The van der Waals surface area contributed by atoms with E-state index in [1.54, 1.807) is 0 Å². The van der Waals surface area contributed by atoms with Crippen LogP contribution in [0.4, 0.5) is 0 Å². The van der Waals surface area contributed by atoms with E-state index in [4.69, 9.17) is 5.26 Å². The molecule has 0 aromatic carbocycles. The van der Waals surface area contributed by atoms with E-state index in [0.29, 0.717) is 5.75 Å². The van der Waals surface area contributed by atoms with Gasteiger partial charge in [0, 0.05) is 17.3 Å². The second-order valence-electron chi connectivity index (χ2n) is 1.49. The molecule has 1 heterocycles. The van der Waals surface area contributed by atoms with Gasteiger partial charge >= 0.3 is 0 Å². The van der Waals surface area contributed by atoms with Crippen LogP contribution in [-0.4, -0.2) is 10.7 Å². The van der Waals surface area contributed by atoms with Crippen LogP contribution in [0.2, 0.25) is 0 Å². The van der Waals surface area contributed by atoms with Crippen molar-refractivity contribution < 1.29 is 0 Å². The molecule has 0 unspecified atom stereocenters. The van der Waals surface area contributed by atoms with Gasteiger partial charge < -0.3 is 4.98 Å². The average Bonchev–Trinajstić information content (AvgIpc) is 2.34. The van der Waals surface area contributed by atoms with Crippen LogP contribution in [0.15, 0.2) is 23.4 Å². The zero-order valence-electron chi connectivity index (χ0n) is 4.79. The monoisotopic (exact) mass is 138 g/mol. The highest BCUT2D eigenvalue weighted by Crippen LogP contribution is 2.14. The highest BCUT2D eigenvalue weighted by molar-refractivity contribution is 7.99. The van der Waals surface area contributed by atoms with E-state index >= 15 is 0 Å². The van der Waals surface area contributed by atoms with Gasteiger partial charge in [0.2, 0.25) is 0 Å². The molecule has 46 valence electrons. The summed E-state index contributed by atoms with van der Waals surface area (Å²) < 4.78 is 0. The fourth-order valence-corrected chi connectivity index (χ4v) is 1.06. The molecule has 0 saturated carbocycles. The van der Waals surface area contributed by atoms with Crippen LogP contribution in [0, 0.1) is 11.3 Å². The molecule has 0 aliphatic carbocycles. The molecule has 0 aliphatic rings. The maximum atomic E-state index is 8.18. The summed E-state index contributed by atoms with van der Waals surface area (Å²) in [6, 6.07) is 4.00. The van der Waals surface area contributed by atoms with Gasteiger partial charge in [-0.3, -0.25) is 0 Å². The Labute approximate surface area is 57.9 Å². The van der Waals surface area contributed by atoms with Crippen molar-refractivity contribution in [2.24, 2.45) is 0 Å². The van der Waals surface area contributed by atoms with E-state index < -0.39 is 0 Å². The molecule has 0 bridgehead atoms. The molecule has 1 aromatic rings. The maximum absolute atomic E-state index is 8.18. The first-order valence-electron chi connectivity index (χ1n) is 2.56. The molecular formula is C6H6N2S. The molecule has 1 aromatic heterocycles.